The maximum absolute atomic E-state index is 13.3. The number of nitrogens with zero attached hydrogens (tertiary/aromatic N) is 2. The summed E-state index contributed by atoms with van der Waals surface area (Å²) in [7, 11) is 1.62. The topological polar surface area (TPSA) is 42.3 Å². The van der Waals surface area contributed by atoms with E-state index >= 15 is 0 Å². The van der Waals surface area contributed by atoms with Crippen LogP contribution in [0.5, 0.6) is 0 Å². The molecule has 0 spiro atoms. The maximum Gasteiger partial charge on any atom is 0.308 e. The molecule has 1 aliphatic heterocycles. The van der Waals surface area contributed by atoms with Crippen molar-refractivity contribution in [1.29, 1.82) is 0 Å². The number of benzene rings is 2. The largest absolute Gasteiger partial charge is 0.308 e. The van der Waals surface area contributed by atoms with Crippen LogP contribution in [0.3, 0.4) is 0 Å². The molecule has 4 rings (SSSR count). The van der Waals surface area contributed by atoms with Crippen molar-refractivity contribution >= 4 is 52.0 Å². The second kappa shape index (κ2) is 6.78. The average Bonchev–Trinajstić information content (AvgIpc) is 2.91. The Morgan fingerprint density at radius 1 is 1.11 bits per heavy atom. The summed E-state index contributed by atoms with van der Waals surface area (Å²) in [4.78, 5) is 27.4. The molecule has 27 heavy (non-hydrogen) atoms. The molecule has 138 valence electrons. The summed E-state index contributed by atoms with van der Waals surface area (Å²) in [6.45, 7) is 0. The van der Waals surface area contributed by atoms with Gasteiger partial charge < -0.3 is 0 Å². The van der Waals surface area contributed by atoms with E-state index in [1.54, 1.807) is 25.2 Å². The van der Waals surface area contributed by atoms with Gasteiger partial charge in [0.25, 0.3) is 0 Å². The van der Waals surface area contributed by atoms with Crippen molar-refractivity contribution < 1.29 is 9.18 Å². The molecule has 0 radical (unpaired) electrons. The molecule has 0 saturated heterocycles. The quantitative estimate of drug-likeness (QED) is 0.576. The first-order valence-corrected chi connectivity index (χ1v) is 9.67. The van der Waals surface area contributed by atoms with Gasteiger partial charge in [0.2, 0.25) is 5.91 Å². The van der Waals surface area contributed by atoms with E-state index in [2.05, 4.69) is 0 Å². The minimum absolute atomic E-state index is 0.145. The molecule has 8 heteroatoms. The van der Waals surface area contributed by atoms with Crippen molar-refractivity contribution in [3.8, 4) is 0 Å². The van der Waals surface area contributed by atoms with Crippen LogP contribution in [0.1, 0.15) is 22.8 Å². The molecule has 0 fully saturated rings. The predicted octanol–water partition coefficient (Wildman–Crippen LogP) is 5.09. The van der Waals surface area contributed by atoms with Gasteiger partial charge in [-0.15, -0.1) is 0 Å². The van der Waals surface area contributed by atoms with Gasteiger partial charge in [-0.25, -0.2) is 4.39 Å². The predicted molar refractivity (Wildman–Crippen MR) is 106 cm³/mol. The Hall–Kier alpha value is -2.15. The number of hydrogen-bond donors (Lipinski definition) is 0. The number of amides is 1. The van der Waals surface area contributed by atoms with Crippen LogP contribution in [0.2, 0.25) is 10.0 Å². The van der Waals surface area contributed by atoms with Gasteiger partial charge in [0.15, 0.2) is 0 Å². The highest BCUT2D eigenvalue weighted by Gasteiger charge is 2.38. The highest BCUT2D eigenvalue weighted by molar-refractivity contribution is 7.10. The lowest BCUT2D eigenvalue weighted by Gasteiger charge is -2.32. The number of aromatic nitrogens is 1. The van der Waals surface area contributed by atoms with Gasteiger partial charge in [-0.05, 0) is 42.0 Å². The summed E-state index contributed by atoms with van der Waals surface area (Å²) in [6, 6.07) is 10.7. The lowest BCUT2D eigenvalue weighted by atomic mass is 9.90. The van der Waals surface area contributed by atoms with Crippen molar-refractivity contribution in [3.05, 3.63) is 78.4 Å². The van der Waals surface area contributed by atoms with Gasteiger partial charge in [0.1, 0.15) is 11.6 Å². The Labute approximate surface area is 168 Å². The van der Waals surface area contributed by atoms with E-state index in [9.17, 15) is 14.0 Å². The second-order valence-corrected chi connectivity index (χ2v) is 8.08. The van der Waals surface area contributed by atoms with E-state index < -0.39 is 5.82 Å². The van der Waals surface area contributed by atoms with Crippen LogP contribution in [0.25, 0.3) is 0 Å². The molecule has 0 saturated carbocycles. The lowest BCUT2D eigenvalue weighted by molar-refractivity contribution is -0.118. The van der Waals surface area contributed by atoms with Crippen LogP contribution in [0, 0.1) is 5.82 Å². The fourth-order valence-corrected chi connectivity index (χ4v) is 4.94. The number of rotatable bonds is 2. The molecular formula is C19H13Cl2FN2O2S. The minimum atomic E-state index is -0.395. The number of halogens is 3. The Balaban J connectivity index is 1.90. The van der Waals surface area contributed by atoms with Gasteiger partial charge in [-0.3, -0.25) is 19.1 Å². The van der Waals surface area contributed by atoms with Crippen molar-refractivity contribution in [2.24, 2.45) is 7.05 Å². The van der Waals surface area contributed by atoms with Gasteiger partial charge in [-0.1, -0.05) is 40.6 Å². The molecule has 3 aromatic rings. The van der Waals surface area contributed by atoms with E-state index in [1.807, 2.05) is 0 Å². The standard InChI is InChI=1S/C19H13Cl2FN2O2S/c1-23-18-17(27-19(23)26)14(13-7-2-10(20)8-15(13)21)9-16(25)24(18)12-5-3-11(22)4-6-12/h2-8,14H,9H2,1H3. The molecule has 2 heterocycles. The SMILES string of the molecule is Cn1c2c(sc1=O)C(c1ccc(Cl)cc1Cl)CC(=O)N2c1ccc(F)cc1. The van der Waals surface area contributed by atoms with Crippen molar-refractivity contribution in [2.45, 2.75) is 12.3 Å². The summed E-state index contributed by atoms with van der Waals surface area (Å²) >= 11 is 13.4. The monoisotopic (exact) mass is 422 g/mol. The molecule has 1 amide bonds. The number of thiazole rings is 1. The Kier molecular flexibility index (Phi) is 4.58. The molecule has 0 aliphatic carbocycles. The van der Waals surface area contributed by atoms with E-state index in [0.29, 0.717) is 21.6 Å². The van der Waals surface area contributed by atoms with E-state index in [4.69, 9.17) is 23.2 Å². The molecule has 1 aromatic heterocycles. The summed E-state index contributed by atoms with van der Waals surface area (Å²) in [5, 5.41) is 0.949. The van der Waals surface area contributed by atoms with E-state index in [0.717, 1.165) is 21.8 Å². The lowest BCUT2D eigenvalue weighted by Crippen LogP contribution is -2.34. The smallest absolute Gasteiger partial charge is 0.288 e. The highest BCUT2D eigenvalue weighted by atomic mass is 35.5. The van der Waals surface area contributed by atoms with Crippen LogP contribution >= 0.6 is 34.5 Å². The second-order valence-electron chi connectivity index (χ2n) is 6.24. The summed E-state index contributed by atoms with van der Waals surface area (Å²) in [5.74, 6) is -0.441. The van der Waals surface area contributed by atoms with E-state index in [-0.39, 0.29) is 23.1 Å². The third-order valence-electron chi connectivity index (χ3n) is 4.59. The van der Waals surface area contributed by atoms with Crippen LogP contribution in [0.15, 0.2) is 47.3 Å². The first kappa shape index (κ1) is 18.2. The molecule has 4 nitrogen and oxygen atoms in total. The van der Waals surface area contributed by atoms with Crippen molar-refractivity contribution in [1.82, 2.24) is 4.57 Å². The summed E-state index contributed by atoms with van der Waals surface area (Å²) in [6.07, 6.45) is 0.145. The zero-order valence-electron chi connectivity index (χ0n) is 14.1. The van der Waals surface area contributed by atoms with Gasteiger partial charge >= 0.3 is 4.87 Å². The molecule has 0 bridgehead atoms. The number of carbonyl (C=O) groups excluding carboxylic acids is 1. The first-order valence-electron chi connectivity index (χ1n) is 8.10. The van der Waals surface area contributed by atoms with Crippen molar-refractivity contribution in [2.75, 3.05) is 4.90 Å². The van der Waals surface area contributed by atoms with Crippen LogP contribution < -0.4 is 9.77 Å². The molecule has 1 atom stereocenters. The Morgan fingerprint density at radius 2 is 1.81 bits per heavy atom. The number of carbonyl (C=O) groups is 1. The molecule has 1 unspecified atom stereocenters. The van der Waals surface area contributed by atoms with Crippen molar-refractivity contribution in [3.63, 3.8) is 0 Å². The number of fused-ring (bicyclic) bond motifs is 1. The maximum atomic E-state index is 13.3. The van der Waals surface area contributed by atoms with Gasteiger partial charge in [0.05, 0.1) is 10.6 Å². The Bertz CT molecular complexity index is 1110. The van der Waals surface area contributed by atoms with E-state index in [1.165, 1.54) is 33.7 Å². The van der Waals surface area contributed by atoms with Crippen LogP contribution in [-0.2, 0) is 11.8 Å². The fourth-order valence-electron chi connectivity index (χ4n) is 3.32. The fraction of sp³-hybridized carbons (Fsp3) is 0.158. The highest BCUT2D eigenvalue weighted by Crippen LogP contribution is 2.46. The summed E-state index contributed by atoms with van der Waals surface area (Å²) < 4.78 is 14.8. The summed E-state index contributed by atoms with van der Waals surface area (Å²) in [5.41, 5.74) is 1.26. The van der Waals surface area contributed by atoms with Gasteiger partial charge in [0, 0.05) is 29.4 Å². The van der Waals surface area contributed by atoms with Crippen LogP contribution in [-0.4, -0.2) is 10.5 Å². The zero-order chi connectivity index (χ0) is 19.3. The number of anilines is 2. The minimum Gasteiger partial charge on any atom is -0.288 e. The molecule has 2 aromatic carbocycles. The Morgan fingerprint density at radius 3 is 2.48 bits per heavy atom. The van der Waals surface area contributed by atoms with Crippen LogP contribution in [0.4, 0.5) is 15.9 Å². The third-order valence-corrected chi connectivity index (χ3v) is 6.29. The number of hydrogen-bond acceptors (Lipinski definition) is 3. The zero-order valence-corrected chi connectivity index (χ0v) is 16.4. The molecule has 0 N–H and O–H groups in total. The normalized spacial score (nSPS) is 16.5. The average molecular weight is 423 g/mol. The van der Waals surface area contributed by atoms with Gasteiger partial charge in [-0.2, -0.15) is 0 Å². The molecule has 1 aliphatic rings. The third kappa shape index (κ3) is 3.08. The first-order chi connectivity index (χ1) is 12.9. The molecular weight excluding hydrogens is 410 g/mol.